The summed E-state index contributed by atoms with van der Waals surface area (Å²) in [5, 5.41) is 0. The lowest BCUT2D eigenvalue weighted by Gasteiger charge is -2.45. The maximum absolute atomic E-state index is 12.8. The molecule has 3 fully saturated rings. The van der Waals surface area contributed by atoms with E-state index in [4.69, 9.17) is 9.47 Å². The van der Waals surface area contributed by atoms with Crippen LogP contribution in [-0.2, 0) is 19.1 Å². The molecule has 23 heavy (non-hydrogen) atoms. The maximum Gasteiger partial charge on any atom is 0.225 e. The van der Waals surface area contributed by atoms with Crippen molar-refractivity contribution < 1.29 is 19.1 Å². The van der Waals surface area contributed by atoms with E-state index < -0.39 is 0 Å². The summed E-state index contributed by atoms with van der Waals surface area (Å²) in [6.07, 6.45) is 4.49. The summed E-state index contributed by atoms with van der Waals surface area (Å²) in [4.78, 5) is 28.0. The lowest BCUT2D eigenvalue weighted by atomic mass is 9.84. The molecule has 0 radical (unpaired) electrons. The molecule has 0 aromatic carbocycles. The molecule has 0 unspecified atom stereocenters. The number of nitrogens with zero attached hydrogens (tertiary/aromatic N) is 2. The van der Waals surface area contributed by atoms with Crippen LogP contribution in [0.2, 0.25) is 0 Å². The van der Waals surface area contributed by atoms with Gasteiger partial charge in [-0.25, -0.2) is 0 Å². The SMILES string of the molecule is CO[C@H]1CN(C(=O)C2CCN(C(C)=O)CC2)CC[C@@]12CCCO2. The highest BCUT2D eigenvalue weighted by molar-refractivity contribution is 5.80. The first-order valence-electron chi connectivity index (χ1n) is 8.77. The van der Waals surface area contributed by atoms with Crippen molar-refractivity contribution >= 4 is 11.8 Å². The van der Waals surface area contributed by atoms with Crippen molar-refractivity contribution in [3.05, 3.63) is 0 Å². The summed E-state index contributed by atoms with van der Waals surface area (Å²) < 4.78 is 11.7. The molecule has 0 aliphatic carbocycles. The average molecular weight is 324 g/mol. The van der Waals surface area contributed by atoms with Crippen LogP contribution in [0.3, 0.4) is 0 Å². The van der Waals surface area contributed by atoms with Gasteiger partial charge in [0, 0.05) is 52.7 Å². The monoisotopic (exact) mass is 324 g/mol. The molecule has 0 aromatic rings. The Morgan fingerprint density at radius 2 is 1.87 bits per heavy atom. The molecule has 0 aromatic heterocycles. The molecule has 6 nitrogen and oxygen atoms in total. The molecule has 3 rings (SSSR count). The molecular formula is C17H28N2O4. The molecule has 0 bridgehead atoms. The number of rotatable bonds is 2. The number of methoxy groups -OCH3 is 1. The summed E-state index contributed by atoms with van der Waals surface area (Å²) in [5.74, 6) is 0.374. The van der Waals surface area contributed by atoms with Crippen molar-refractivity contribution in [1.29, 1.82) is 0 Å². The van der Waals surface area contributed by atoms with E-state index in [0.29, 0.717) is 19.6 Å². The molecule has 0 saturated carbocycles. The Bertz CT molecular complexity index is 454. The standard InChI is InChI=1S/C17H28N2O4/c1-13(20)18-8-4-14(5-9-18)16(21)19-10-7-17(6-3-11-23-17)15(12-19)22-2/h14-15H,3-12H2,1-2H3/t15-,17-/m0/s1. The van der Waals surface area contributed by atoms with Gasteiger partial charge in [-0.05, 0) is 32.1 Å². The maximum atomic E-state index is 12.8. The molecule has 6 heteroatoms. The number of piperidine rings is 2. The Morgan fingerprint density at radius 1 is 1.13 bits per heavy atom. The van der Waals surface area contributed by atoms with Crippen molar-refractivity contribution in [2.24, 2.45) is 5.92 Å². The van der Waals surface area contributed by atoms with Crippen LogP contribution in [0.4, 0.5) is 0 Å². The largest absolute Gasteiger partial charge is 0.377 e. The van der Waals surface area contributed by atoms with Crippen LogP contribution in [0.15, 0.2) is 0 Å². The Hall–Kier alpha value is -1.14. The first kappa shape index (κ1) is 16.7. The number of hydrogen-bond acceptors (Lipinski definition) is 4. The van der Waals surface area contributed by atoms with Gasteiger partial charge < -0.3 is 19.3 Å². The highest BCUT2D eigenvalue weighted by Gasteiger charge is 2.48. The first-order valence-corrected chi connectivity index (χ1v) is 8.77. The number of ether oxygens (including phenoxy) is 2. The van der Waals surface area contributed by atoms with E-state index in [1.54, 1.807) is 14.0 Å². The minimum Gasteiger partial charge on any atom is -0.377 e. The second kappa shape index (κ2) is 6.77. The predicted molar refractivity (Wildman–Crippen MR) is 84.9 cm³/mol. The smallest absolute Gasteiger partial charge is 0.225 e. The van der Waals surface area contributed by atoms with Crippen LogP contribution in [0.5, 0.6) is 0 Å². The molecule has 0 N–H and O–H groups in total. The molecule has 2 amide bonds. The van der Waals surface area contributed by atoms with Crippen LogP contribution in [0.1, 0.15) is 39.0 Å². The second-order valence-electron chi connectivity index (χ2n) is 7.06. The van der Waals surface area contributed by atoms with Gasteiger partial charge in [-0.15, -0.1) is 0 Å². The molecular weight excluding hydrogens is 296 g/mol. The predicted octanol–water partition coefficient (Wildman–Crippen LogP) is 1.04. The van der Waals surface area contributed by atoms with Crippen LogP contribution >= 0.6 is 0 Å². The minimum absolute atomic E-state index is 0.0278. The minimum atomic E-state index is -0.177. The Morgan fingerprint density at radius 3 is 2.43 bits per heavy atom. The van der Waals surface area contributed by atoms with Gasteiger partial charge in [0.1, 0.15) is 6.10 Å². The molecule has 3 heterocycles. The fourth-order valence-electron chi connectivity index (χ4n) is 4.30. The summed E-state index contributed by atoms with van der Waals surface area (Å²) in [7, 11) is 1.72. The molecule has 130 valence electrons. The number of amides is 2. The van der Waals surface area contributed by atoms with Gasteiger partial charge in [-0.3, -0.25) is 9.59 Å². The number of carbonyl (C=O) groups is 2. The van der Waals surface area contributed by atoms with E-state index in [-0.39, 0.29) is 29.4 Å². The topological polar surface area (TPSA) is 59.1 Å². The summed E-state index contributed by atoms with van der Waals surface area (Å²) in [6.45, 7) is 5.17. The van der Waals surface area contributed by atoms with Gasteiger partial charge in [0.25, 0.3) is 0 Å². The zero-order valence-electron chi connectivity index (χ0n) is 14.3. The zero-order chi connectivity index (χ0) is 16.4. The molecule has 2 atom stereocenters. The highest BCUT2D eigenvalue weighted by Crippen LogP contribution is 2.38. The molecule has 1 spiro atoms. The van der Waals surface area contributed by atoms with Crippen molar-refractivity contribution in [3.8, 4) is 0 Å². The van der Waals surface area contributed by atoms with E-state index in [0.717, 1.165) is 45.3 Å². The van der Waals surface area contributed by atoms with Crippen LogP contribution < -0.4 is 0 Å². The third kappa shape index (κ3) is 3.24. The zero-order valence-corrected chi connectivity index (χ0v) is 14.3. The lowest BCUT2D eigenvalue weighted by Crippen LogP contribution is -2.58. The number of hydrogen-bond donors (Lipinski definition) is 0. The fourth-order valence-corrected chi connectivity index (χ4v) is 4.30. The van der Waals surface area contributed by atoms with Gasteiger partial charge >= 0.3 is 0 Å². The highest BCUT2D eigenvalue weighted by atomic mass is 16.5. The van der Waals surface area contributed by atoms with Gasteiger partial charge in [0.2, 0.25) is 11.8 Å². The number of likely N-dealkylation sites (tertiary alicyclic amines) is 2. The van der Waals surface area contributed by atoms with Crippen molar-refractivity contribution in [1.82, 2.24) is 9.80 Å². The van der Waals surface area contributed by atoms with Gasteiger partial charge in [0.15, 0.2) is 0 Å². The van der Waals surface area contributed by atoms with Crippen molar-refractivity contribution in [2.45, 2.75) is 50.7 Å². The second-order valence-corrected chi connectivity index (χ2v) is 7.06. The Balaban J connectivity index is 1.58. The van der Waals surface area contributed by atoms with Gasteiger partial charge in [0.05, 0.1) is 5.60 Å². The van der Waals surface area contributed by atoms with Gasteiger partial charge in [-0.1, -0.05) is 0 Å². The van der Waals surface area contributed by atoms with Crippen molar-refractivity contribution in [2.75, 3.05) is 39.9 Å². The average Bonchev–Trinajstić information content (AvgIpc) is 3.04. The lowest BCUT2D eigenvalue weighted by molar-refractivity contribution is -0.162. The first-order chi connectivity index (χ1) is 11.1. The van der Waals surface area contributed by atoms with E-state index in [1.807, 2.05) is 9.80 Å². The Kier molecular flexibility index (Phi) is 4.92. The van der Waals surface area contributed by atoms with Crippen LogP contribution in [-0.4, -0.2) is 73.2 Å². The molecule has 3 aliphatic heterocycles. The summed E-state index contributed by atoms with van der Waals surface area (Å²) in [5.41, 5.74) is -0.177. The fraction of sp³-hybridized carbons (Fsp3) is 0.882. The molecule has 3 aliphatic rings. The van der Waals surface area contributed by atoms with E-state index in [9.17, 15) is 9.59 Å². The number of carbonyl (C=O) groups excluding carboxylic acids is 2. The van der Waals surface area contributed by atoms with E-state index in [1.165, 1.54) is 0 Å². The van der Waals surface area contributed by atoms with Crippen LogP contribution in [0.25, 0.3) is 0 Å². The van der Waals surface area contributed by atoms with E-state index in [2.05, 4.69) is 0 Å². The summed E-state index contributed by atoms with van der Waals surface area (Å²) >= 11 is 0. The van der Waals surface area contributed by atoms with E-state index >= 15 is 0 Å². The molecule has 3 saturated heterocycles. The van der Waals surface area contributed by atoms with Crippen molar-refractivity contribution in [3.63, 3.8) is 0 Å². The quantitative estimate of drug-likeness (QED) is 0.761. The Labute approximate surface area is 138 Å². The summed E-state index contributed by atoms with van der Waals surface area (Å²) in [6, 6.07) is 0. The third-order valence-electron chi connectivity index (χ3n) is 5.80. The third-order valence-corrected chi connectivity index (χ3v) is 5.80. The van der Waals surface area contributed by atoms with Gasteiger partial charge in [-0.2, -0.15) is 0 Å². The van der Waals surface area contributed by atoms with Crippen LogP contribution in [0, 0.1) is 5.92 Å². The normalized spacial score (nSPS) is 32.5.